The van der Waals surface area contributed by atoms with Gasteiger partial charge in [0, 0.05) is 35.6 Å². The number of aldehydes is 1. The van der Waals surface area contributed by atoms with Gasteiger partial charge in [0.15, 0.2) is 11.8 Å². The van der Waals surface area contributed by atoms with Crippen molar-refractivity contribution in [3.63, 3.8) is 0 Å². The maximum absolute atomic E-state index is 14.3. The van der Waals surface area contributed by atoms with Gasteiger partial charge >= 0.3 is 6.18 Å². The highest BCUT2D eigenvalue weighted by molar-refractivity contribution is 6.32. The molecule has 0 saturated carbocycles. The van der Waals surface area contributed by atoms with Gasteiger partial charge in [-0.1, -0.05) is 29.8 Å². The number of aliphatic hydroxyl groups is 1. The fourth-order valence-electron chi connectivity index (χ4n) is 4.75. The van der Waals surface area contributed by atoms with Crippen LogP contribution in [-0.2, 0) is 22.5 Å². The van der Waals surface area contributed by atoms with Crippen LogP contribution < -0.4 is 10.5 Å². The number of ether oxygens (including phenoxy) is 1. The number of nitrogens with two attached hydrogens (primary N) is 1. The van der Waals surface area contributed by atoms with Gasteiger partial charge in [0.25, 0.3) is 5.91 Å². The molecule has 2 aromatic carbocycles. The lowest BCUT2D eigenvalue weighted by molar-refractivity contribution is -0.202. The number of carbonyl (C=O) groups excluding carboxylic acids is 2. The van der Waals surface area contributed by atoms with Crippen molar-refractivity contribution in [2.45, 2.75) is 51.6 Å². The molecule has 1 aromatic heterocycles. The molecule has 212 valence electrons. The van der Waals surface area contributed by atoms with Crippen LogP contribution in [0.1, 0.15) is 59.2 Å². The Morgan fingerprint density at radius 3 is 2.35 bits per heavy atom. The molecule has 1 amide bonds. The van der Waals surface area contributed by atoms with E-state index >= 15 is 0 Å². The van der Waals surface area contributed by atoms with Crippen molar-refractivity contribution < 1.29 is 32.6 Å². The predicted octanol–water partition coefficient (Wildman–Crippen LogP) is 5.88. The van der Waals surface area contributed by atoms with E-state index in [0.717, 1.165) is 5.56 Å². The summed E-state index contributed by atoms with van der Waals surface area (Å²) in [6.45, 7) is 5.66. The van der Waals surface area contributed by atoms with Crippen LogP contribution in [0, 0.1) is 6.92 Å². The van der Waals surface area contributed by atoms with E-state index in [1.807, 2.05) is 13.0 Å². The molecule has 0 bridgehead atoms. The van der Waals surface area contributed by atoms with Gasteiger partial charge in [0.1, 0.15) is 17.2 Å². The lowest BCUT2D eigenvalue weighted by Crippen LogP contribution is -2.49. The standard InChI is InChI=1S/C29H29ClF3N3O4/c1-16-7-6-8-21(30)25(16)40-24-10-9-17(27(2,3)39)11-19(24)20-13-35(5)14-23-18(20)12-22(26(34)38)36(23)28(4,15-37)29(31,32)33/h6-13,15,39H,14H2,1-5H3,(H2,34,38). The first kappa shape index (κ1) is 29.2. The second kappa shape index (κ2) is 10.0. The van der Waals surface area contributed by atoms with E-state index in [4.69, 9.17) is 22.1 Å². The lowest BCUT2D eigenvalue weighted by Gasteiger charge is -2.34. The Morgan fingerprint density at radius 2 is 1.80 bits per heavy atom. The van der Waals surface area contributed by atoms with Gasteiger partial charge in [-0.15, -0.1) is 0 Å². The Balaban J connectivity index is 2.03. The first-order chi connectivity index (χ1) is 18.5. The minimum absolute atomic E-state index is 0.0450. The molecule has 0 radical (unpaired) electrons. The number of para-hydroxylation sites is 1. The first-order valence-electron chi connectivity index (χ1n) is 12.3. The highest BCUT2D eigenvalue weighted by Gasteiger charge is 2.55. The second-order valence-corrected chi connectivity index (χ2v) is 11.0. The van der Waals surface area contributed by atoms with Gasteiger partial charge in [-0.2, -0.15) is 13.2 Å². The summed E-state index contributed by atoms with van der Waals surface area (Å²) in [5, 5.41) is 11.1. The molecular weight excluding hydrogens is 547 g/mol. The molecule has 3 aromatic rings. The molecule has 1 unspecified atom stereocenters. The molecule has 3 N–H and O–H groups in total. The van der Waals surface area contributed by atoms with Crippen molar-refractivity contribution in [3.8, 4) is 11.5 Å². The molecule has 1 aliphatic rings. The summed E-state index contributed by atoms with van der Waals surface area (Å²) >= 11 is 6.41. The number of halogens is 4. The summed E-state index contributed by atoms with van der Waals surface area (Å²) in [6.07, 6.45) is -3.57. The number of hydrogen-bond donors (Lipinski definition) is 2. The number of carbonyl (C=O) groups is 2. The fraction of sp³-hybridized carbons (Fsp3) is 0.310. The van der Waals surface area contributed by atoms with Crippen LogP contribution in [0.2, 0.25) is 5.02 Å². The number of nitrogens with zero attached hydrogens (tertiary/aromatic N) is 2. The minimum atomic E-state index is -5.03. The third kappa shape index (κ3) is 4.97. The van der Waals surface area contributed by atoms with Gasteiger partial charge in [-0.25, -0.2) is 0 Å². The van der Waals surface area contributed by atoms with Crippen LogP contribution in [0.15, 0.2) is 48.7 Å². The van der Waals surface area contributed by atoms with Gasteiger partial charge in [0.05, 0.1) is 17.2 Å². The van der Waals surface area contributed by atoms with Crippen LogP contribution in [0.25, 0.3) is 5.57 Å². The number of aromatic nitrogens is 1. The molecule has 2 heterocycles. The fourth-order valence-corrected chi connectivity index (χ4v) is 5.01. The Morgan fingerprint density at radius 1 is 1.12 bits per heavy atom. The Hall–Kier alpha value is -3.76. The highest BCUT2D eigenvalue weighted by atomic mass is 35.5. The quantitative estimate of drug-likeness (QED) is 0.343. The number of rotatable bonds is 7. The topological polar surface area (TPSA) is 97.8 Å². The summed E-state index contributed by atoms with van der Waals surface area (Å²) in [7, 11) is 1.65. The average Bonchev–Trinajstić information content (AvgIpc) is 3.24. The third-order valence-electron chi connectivity index (χ3n) is 7.01. The monoisotopic (exact) mass is 575 g/mol. The average molecular weight is 576 g/mol. The van der Waals surface area contributed by atoms with Crippen molar-refractivity contribution in [1.82, 2.24) is 9.47 Å². The van der Waals surface area contributed by atoms with E-state index in [9.17, 15) is 27.9 Å². The normalized spacial score (nSPS) is 15.2. The smallest absolute Gasteiger partial charge is 0.418 e. The SMILES string of the molecule is Cc1cccc(Cl)c1Oc1ccc(C(C)(C)O)cc1C1=CN(C)Cc2c1cc(C(N)=O)n2C(C)(C=O)C(F)(F)F. The van der Waals surface area contributed by atoms with Crippen LogP contribution in [0.3, 0.4) is 0 Å². The molecule has 0 aliphatic carbocycles. The van der Waals surface area contributed by atoms with Gasteiger partial charge in [0.2, 0.25) is 0 Å². The van der Waals surface area contributed by atoms with Crippen molar-refractivity contribution >= 4 is 29.4 Å². The second-order valence-electron chi connectivity index (χ2n) is 10.6. The molecule has 4 rings (SSSR count). The number of benzene rings is 2. The molecule has 1 atom stereocenters. The maximum atomic E-state index is 14.3. The zero-order valence-corrected chi connectivity index (χ0v) is 23.3. The third-order valence-corrected chi connectivity index (χ3v) is 7.31. The number of amides is 1. The van der Waals surface area contributed by atoms with E-state index in [1.165, 1.54) is 6.07 Å². The van der Waals surface area contributed by atoms with E-state index in [-0.39, 0.29) is 24.1 Å². The Kier molecular flexibility index (Phi) is 7.32. The molecule has 0 saturated heterocycles. The summed E-state index contributed by atoms with van der Waals surface area (Å²) in [6, 6.07) is 11.5. The van der Waals surface area contributed by atoms with E-state index in [0.29, 0.717) is 44.7 Å². The molecule has 11 heteroatoms. The lowest BCUT2D eigenvalue weighted by atomic mass is 9.90. The largest absolute Gasteiger partial charge is 0.455 e. The predicted molar refractivity (Wildman–Crippen MR) is 145 cm³/mol. The summed E-state index contributed by atoms with van der Waals surface area (Å²) < 4.78 is 49.7. The number of hydrogen-bond acceptors (Lipinski definition) is 5. The van der Waals surface area contributed by atoms with Gasteiger partial charge in [-0.05, 0) is 63.1 Å². The van der Waals surface area contributed by atoms with E-state index in [1.54, 1.807) is 62.3 Å². The van der Waals surface area contributed by atoms with Crippen molar-refractivity contribution in [2.75, 3.05) is 7.05 Å². The van der Waals surface area contributed by atoms with Crippen LogP contribution in [-0.4, -0.2) is 40.0 Å². The summed E-state index contributed by atoms with van der Waals surface area (Å²) in [5.74, 6) is -0.436. The number of fused-ring (bicyclic) bond motifs is 1. The van der Waals surface area contributed by atoms with Gasteiger partial charge in [-0.3, -0.25) is 4.79 Å². The number of primary amides is 1. The molecule has 40 heavy (non-hydrogen) atoms. The zero-order valence-electron chi connectivity index (χ0n) is 22.6. The first-order valence-corrected chi connectivity index (χ1v) is 12.7. The number of aryl methyl sites for hydroxylation is 1. The molecular formula is C29H29ClF3N3O4. The number of alkyl halides is 3. The van der Waals surface area contributed by atoms with E-state index in [2.05, 4.69) is 0 Å². The zero-order chi connectivity index (χ0) is 29.8. The molecule has 0 fully saturated rings. The van der Waals surface area contributed by atoms with Gasteiger partial charge < -0.3 is 29.8 Å². The summed E-state index contributed by atoms with van der Waals surface area (Å²) in [5.41, 5.74) is 3.12. The van der Waals surface area contributed by atoms with Crippen LogP contribution in [0.4, 0.5) is 13.2 Å². The Labute approximate surface area is 234 Å². The van der Waals surface area contributed by atoms with E-state index < -0.39 is 28.9 Å². The Bertz CT molecular complexity index is 1520. The van der Waals surface area contributed by atoms with Crippen molar-refractivity contribution in [2.24, 2.45) is 5.73 Å². The van der Waals surface area contributed by atoms with Crippen LogP contribution in [0.5, 0.6) is 11.5 Å². The van der Waals surface area contributed by atoms with Crippen LogP contribution >= 0.6 is 11.6 Å². The highest BCUT2D eigenvalue weighted by Crippen LogP contribution is 2.45. The minimum Gasteiger partial charge on any atom is -0.455 e. The molecule has 0 spiro atoms. The molecule has 7 nitrogen and oxygen atoms in total. The summed E-state index contributed by atoms with van der Waals surface area (Å²) in [4.78, 5) is 26.0. The van der Waals surface area contributed by atoms with Crippen molar-refractivity contribution in [1.29, 1.82) is 0 Å². The molecule has 1 aliphatic heterocycles. The van der Waals surface area contributed by atoms with Crippen molar-refractivity contribution in [3.05, 3.63) is 87.3 Å². The maximum Gasteiger partial charge on any atom is 0.418 e.